The monoisotopic (exact) mass is 441 g/mol. The first-order valence-electron chi connectivity index (χ1n) is 10.4. The fourth-order valence-electron chi connectivity index (χ4n) is 3.53. The van der Waals surface area contributed by atoms with Crippen molar-refractivity contribution in [1.82, 2.24) is 9.88 Å². The Kier molecular flexibility index (Phi) is 7.64. The molecule has 0 spiro atoms. The summed E-state index contributed by atoms with van der Waals surface area (Å²) in [6, 6.07) is 8.61. The fraction of sp³-hybridized carbons (Fsp3) is 0.391. The Morgan fingerprint density at radius 1 is 1.16 bits per heavy atom. The summed E-state index contributed by atoms with van der Waals surface area (Å²) in [7, 11) is 3.15. The van der Waals surface area contributed by atoms with Crippen LogP contribution in [-0.2, 0) is 20.7 Å². The number of anilines is 1. The zero-order valence-electron chi connectivity index (χ0n) is 18.4. The number of carbonyl (C=O) groups is 3. The molecule has 0 bridgehead atoms. The molecule has 1 aromatic carbocycles. The number of nitrogens with one attached hydrogen (secondary N) is 1. The second-order valence-corrected chi connectivity index (χ2v) is 7.32. The van der Waals surface area contributed by atoms with E-state index in [0.717, 1.165) is 5.56 Å². The molecule has 1 unspecified atom stereocenters. The molecular formula is C23H27N3O6. The first kappa shape index (κ1) is 23.1. The Morgan fingerprint density at radius 3 is 2.66 bits per heavy atom. The van der Waals surface area contributed by atoms with Gasteiger partial charge in [-0.3, -0.25) is 9.59 Å². The number of esters is 1. The molecule has 2 amide bonds. The van der Waals surface area contributed by atoms with Crippen LogP contribution < -0.4 is 14.8 Å². The molecule has 170 valence electrons. The van der Waals surface area contributed by atoms with Gasteiger partial charge in [0.2, 0.25) is 11.8 Å². The summed E-state index contributed by atoms with van der Waals surface area (Å²) in [6.07, 6.45) is 2.19. The summed E-state index contributed by atoms with van der Waals surface area (Å²) < 4.78 is 15.5. The largest absolute Gasteiger partial charge is 0.493 e. The Hall–Kier alpha value is -3.62. The van der Waals surface area contributed by atoms with Crippen LogP contribution in [0.5, 0.6) is 11.5 Å². The van der Waals surface area contributed by atoms with Gasteiger partial charge >= 0.3 is 5.97 Å². The van der Waals surface area contributed by atoms with Gasteiger partial charge in [0, 0.05) is 25.7 Å². The number of likely N-dealkylation sites (tertiary alicyclic amines) is 1. The smallest absolute Gasteiger partial charge is 0.338 e. The Balaban J connectivity index is 1.57. The maximum Gasteiger partial charge on any atom is 0.338 e. The van der Waals surface area contributed by atoms with Gasteiger partial charge in [-0.2, -0.15) is 0 Å². The molecule has 0 radical (unpaired) electrons. The number of aromatic nitrogens is 1. The number of rotatable bonds is 9. The minimum Gasteiger partial charge on any atom is -0.493 e. The lowest BCUT2D eigenvalue weighted by Crippen LogP contribution is -2.30. The zero-order chi connectivity index (χ0) is 23.1. The van der Waals surface area contributed by atoms with Gasteiger partial charge < -0.3 is 24.4 Å². The lowest BCUT2D eigenvalue weighted by atomic mass is 10.1. The number of amides is 2. The highest BCUT2D eigenvalue weighted by Gasteiger charge is 2.34. The Morgan fingerprint density at radius 2 is 1.94 bits per heavy atom. The minimum atomic E-state index is -0.485. The summed E-state index contributed by atoms with van der Waals surface area (Å²) in [6.45, 7) is 2.80. The van der Waals surface area contributed by atoms with Crippen LogP contribution in [-0.4, -0.2) is 61.6 Å². The summed E-state index contributed by atoms with van der Waals surface area (Å²) in [5.74, 6) is 0.179. The van der Waals surface area contributed by atoms with Gasteiger partial charge in [0.05, 0.1) is 32.3 Å². The number of nitrogens with zero attached hydrogens (tertiary/aromatic N) is 2. The number of methoxy groups -OCH3 is 2. The van der Waals surface area contributed by atoms with Crippen LogP contribution in [0.25, 0.3) is 0 Å². The van der Waals surface area contributed by atoms with Crippen molar-refractivity contribution in [2.24, 2.45) is 5.92 Å². The molecule has 1 saturated heterocycles. The highest BCUT2D eigenvalue weighted by molar-refractivity contribution is 5.97. The third kappa shape index (κ3) is 5.54. The molecule has 3 rings (SSSR count). The van der Waals surface area contributed by atoms with Crippen LogP contribution in [0, 0.1) is 5.92 Å². The lowest BCUT2D eigenvalue weighted by Gasteiger charge is -2.17. The van der Waals surface area contributed by atoms with Crippen molar-refractivity contribution < 1.29 is 28.6 Å². The topological polar surface area (TPSA) is 107 Å². The molecule has 1 aliphatic rings. The maximum absolute atomic E-state index is 12.7. The van der Waals surface area contributed by atoms with Crippen LogP contribution in [0.1, 0.15) is 29.3 Å². The molecule has 1 aromatic heterocycles. The minimum absolute atomic E-state index is 0.0705. The van der Waals surface area contributed by atoms with Crippen molar-refractivity contribution in [3.8, 4) is 11.5 Å². The fourth-order valence-corrected chi connectivity index (χ4v) is 3.53. The summed E-state index contributed by atoms with van der Waals surface area (Å²) in [4.78, 5) is 42.7. The van der Waals surface area contributed by atoms with Gasteiger partial charge in [0.15, 0.2) is 11.5 Å². The number of carbonyl (C=O) groups excluding carboxylic acids is 3. The van der Waals surface area contributed by atoms with E-state index in [9.17, 15) is 14.4 Å². The standard InChI is InChI=1S/C23H27N3O6/c1-4-32-23(29)16-7-9-24-20(12-16)25-22(28)17-13-21(27)26(14-17)10-8-15-5-6-18(30-2)19(11-15)31-3/h5-7,9,11-12,17H,4,8,10,13-14H2,1-3H3,(H,24,25,28). The van der Waals surface area contributed by atoms with Gasteiger partial charge in [-0.25, -0.2) is 9.78 Å². The summed E-state index contributed by atoms with van der Waals surface area (Å²) >= 11 is 0. The summed E-state index contributed by atoms with van der Waals surface area (Å²) in [5, 5.41) is 2.70. The highest BCUT2D eigenvalue weighted by Crippen LogP contribution is 2.28. The number of hydrogen-bond donors (Lipinski definition) is 1. The number of ether oxygens (including phenoxy) is 3. The van der Waals surface area contributed by atoms with Crippen molar-refractivity contribution in [1.29, 1.82) is 0 Å². The molecule has 9 heteroatoms. The van der Waals surface area contributed by atoms with Gasteiger partial charge in [-0.1, -0.05) is 6.07 Å². The van der Waals surface area contributed by atoms with Crippen molar-refractivity contribution in [2.45, 2.75) is 19.8 Å². The average molecular weight is 441 g/mol. The Bertz CT molecular complexity index is 993. The molecule has 0 saturated carbocycles. The van der Waals surface area contributed by atoms with Crippen LogP contribution in [0.15, 0.2) is 36.5 Å². The quantitative estimate of drug-likeness (QED) is 0.595. The van der Waals surface area contributed by atoms with Crippen molar-refractivity contribution in [3.05, 3.63) is 47.7 Å². The molecule has 9 nitrogen and oxygen atoms in total. The van der Waals surface area contributed by atoms with E-state index in [1.807, 2.05) is 18.2 Å². The first-order chi connectivity index (χ1) is 15.4. The molecule has 2 aromatic rings. The van der Waals surface area contributed by atoms with E-state index in [1.165, 1.54) is 18.3 Å². The van der Waals surface area contributed by atoms with Crippen LogP contribution >= 0.6 is 0 Å². The second-order valence-electron chi connectivity index (χ2n) is 7.32. The van der Waals surface area contributed by atoms with E-state index in [2.05, 4.69) is 10.3 Å². The van der Waals surface area contributed by atoms with Gasteiger partial charge in [0.1, 0.15) is 5.82 Å². The average Bonchev–Trinajstić information content (AvgIpc) is 3.18. The molecular weight excluding hydrogens is 414 g/mol. The van der Waals surface area contributed by atoms with Gasteiger partial charge in [-0.05, 0) is 43.2 Å². The van der Waals surface area contributed by atoms with E-state index in [-0.39, 0.29) is 30.7 Å². The lowest BCUT2D eigenvalue weighted by molar-refractivity contribution is -0.128. The first-order valence-corrected chi connectivity index (χ1v) is 10.4. The van der Waals surface area contributed by atoms with Gasteiger partial charge in [-0.15, -0.1) is 0 Å². The van der Waals surface area contributed by atoms with Crippen LogP contribution in [0.2, 0.25) is 0 Å². The molecule has 0 aliphatic carbocycles. The molecule has 1 N–H and O–H groups in total. The molecule has 32 heavy (non-hydrogen) atoms. The number of benzene rings is 1. The zero-order valence-corrected chi connectivity index (χ0v) is 18.4. The molecule has 2 heterocycles. The molecule has 1 atom stereocenters. The van der Waals surface area contributed by atoms with E-state index in [0.29, 0.717) is 36.6 Å². The third-order valence-electron chi connectivity index (χ3n) is 5.23. The third-order valence-corrected chi connectivity index (χ3v) is 5.23. The molecule has 1 fully saturated rings. The van der Waals surface area contributed by atoms with Crippen LogP contribution in [0.4, 0.5) is 5.82 Å². The van der Waals surface area contributed by atoms with Crippen LogP contribution in [0.3, 0.4) is 0 Å². The van der Waals surface area contributed by atoms with E-state index >= 15 is 0 Å². The maximum atomic E-state index is 12.7. The van der Waals surface area contributed by atoms with Crippen molar-refractivity contribution in [3.63, 3.8) is 0 Å². The SMILES string of the molecule is CCOC(=O)c1ccnc(NC(=O)C2CC(=O)N(CCc3ccc(OC)c(OC)c3)C2)c1. The van der Waals surface area contributed by atoms with Crippen molar-refractivity contribution >= 4 is 23.6 Å². The van der Waals surface area contributed by atoms with E-state index < -0.39 is 11.9 Å². The summed E-state index contributed by atoms with van der Waals surface area (Å²) in [5.41, 5.74) is 1.31. The Labute approximate surface area is 186 Å². The van der Waals surface area contributed by atoms with E-state index in [1.54, 1.807) is 26.0 Å². The normalized spacial score (nSPS) is 15.4. The van der Waals surface area contributed by atoms with E-state index in [4.69, 9.17) is 14.2 Å². The van der Waals surface area contributed by atoms with Gasteiger partial charge in [0.25, 0.3) is 0 Å². The second kappa shape index (κ2) is 10.6. The van der Waals surface area contributed by atoms with Crippen molar-refractivity contribution in [2.75, 3.05) is 39.2 Å². The number of hydrogen-bond acceptors (Lipinski definition) is 7. The molecule has 1 aliphatic heterocycles. The predicted molar refractivity (Wildman–Crippen MR) is 117 cm³/mol. The highest BCUT2D eigenvalue weighted by atomic mass is 16.5. The number of pyridine rings is 1. The predicted octanol–water partition coefficient (Wildman–Crippen LogP) is 2.31.